The zero-order valence-corrected chi connectivity index (χ0v) is 12.5. The Bertz CT molecular complexity index is 620. The maximum atomic E-state index is 11.0. The van der Waals surface area contributed by atoms with Crippen LogP contribution in [0, 0.1) is 4.77 Å². The lowest BCUT2D eigenvalue weighted by Crippen LogP contribution is -2.03. The normalized spacial score (nSPS) is 13.1. The van der Waals surface area contributed by atoms with E-state index in [2.05, 4.69) is 25.9 Å². The van der Waals surface area contributed by atoms with Crippen LogP contribution < -0.4 is 0 Å². The fourth-order valence-electron chi connectivity index (χ4n) is 1.65. The summed E-state index contributed by atoms with van der Waals surface area (Å²) >= 11 is 8.62. The minimum Gasteiger partial charge on any atom is -0.329 e. The van der Waals surface area contributed by atoms with Crippen LogP contribution >= 0.6 is 28.1 Å². The number of H-pyrrole nitrogens is 1. The van der Waals surface area contributed by atoms with E-state index in [4.69, 9.17) is 12.2 Å². The predicted molar refractivity (Wildman–Crippen MR) is 76.2 cm³/mol. The van der Waals surface area contributed by atoms with E-state index in [1.807, 2.05) is 10.6 Å². The first-order valence-corrected chi connectivity index (χ1v) is 8.05. The summed E-state index contributed by atoms with van der Waals surface area (Å²) in [6.07, 6.45) is 4.30. The van der Waals surface area contributed by atoms with Crippen LogP contribution in [-0.4, -0.2) is 30.8 Å². The Kier molecular flexibility index (Phi) is 4.11. The number of aryl methyl sites for hydroxylation is 1. The molecule has 0 saturated carbocycles. The van der Waals surface area contributed by atoms with Gasteiger partial charge in [0.25, 0.3) is 0 Å². The molecule has 0 fully saturated rings. The van der Waals surface area contributed by atoms with Gasteiger partial charge in [0, 0.05) is 40.0 Å². The summed E-state index contributed by atoms with van der Waals surface area (Å²) in [6, 6.07) is 1.95. The monoisotopic (exact) mass is 333 g/mol. The van der Waals surface area contributed by atoms with E-state index < -0.39 is 10.8 Å². The molecule has 0 bridgehead atoms. The molecule has 0 aromatic carbocycles. The quantitative estimate of drug-likeness (QED) is 0.875. The number of aromatic amines is 1. The molecular formula is C10H12BrN3OS2. The number of nitrogens with zero attached hydrogens (tertiary/aromatic N) is 2. The molecule has 2 heterocycles. The van der Waals surface area contributed by atoms with Gasteiger partial charge in [0.05, 0.1) is 5.52 Å². The molecule has 0 amide bonds. The third kappa shape index (κ3) is 3.02. The van der Waals surface area contributed by atoms with Gasteiger partial charge in [0.2, 0.25) is 0 Å². The van der Waals surface area contributed by atoms with Crippen molar-refractivity contribution in [2.24, 2.45) is 0 Å². The highest BCUT2D eigenvalue weighted by molar-refractivity contribution is 9.10. The summed E-state index contributed by atoms with van der Waals surface area (Å²) in [5.41, 5.74) is 1.77. The molecule has 0 radical (unpaired) electrons. The molecule has 0 aliphatic rings. The van der Waals surface area contributed by atoms with Crippen LogP contribution in [0.15, 0.2) is 16.7 Å². The Morgan fingerprint density at radius 3 is 3.12 bits per heavy atom. The van der Waals surface area contributed by atoms with Gasteiger partial charge in [-0.3, -0.25) is 4.21 Å². The molecule has 1 atom stereocenters. The van der Waals surface area contributed by atoms with E-state index in [-0.39, 0.29) is 0 Å². The lowest BCUT2D eigenvalue weighted by Gasteiger charge is -2.02. The molecule has 2 aromatic rings. The lowest BCUT2D eigenvalue weighted by molar-refractivity contribution is 0.663. The van der Waals surface area contributed by atoms with E-state index in [0.717, 1.165) is 28.6 Å². The fourth-order valence-corrected chi connectivity index (χ4v) is 2.81. The fraction of sp³-hybridized carbons (Fsp3) is 0.400. The van der Waals surface area contributed by atoms with Crippen molar-refractivity contribution in [3.63, 3.8) is 0 Å². The second kappa shape index (κ2) is 5.41. The summed E-state index contributed by atoms with van der Waals surface area (Å²) in [4.78, 5) is 7.46. The highest BCUT2D eigenvalue weighted by Gasteiger charge is 2.06. The Morgan fingerprint density at radius 1 is 1.65 bits per heavy atom. The van der Waals surface area contributed by atoms with Crippen molar-refractivity contribution in [1.82, 2.24) is 14.5 Å². The number of rotatable bonds is 4. The second-order valence-corrected chi connectivity index (χ2v) is 6.59. The average molecular weight is 334 g/mol. The second-order valence-electron chi connectivity index (χ2n) is 3.74. The Balaban J connectivity index is 2.30. The van der Waals surface area contributed by atoms with Crippen molar-refractivity contribution in [1.29, 1.82) is 0 Å². The number of hydrogen-bond acceptors (Lipinski definition) is 3. The minimum atomic E-state index is -0.757. The van der Waals surface area contributed by atoms with Gasteiger partial charge >= 0.3 is 0 Å². The number of imidazole rings is 1. The van der Waals surface area contributed by atoms with Crippen molar-refractivity contribution in [3.05, 3.63) is 21.5 Å². The van der Waals surface area contributed by atoms with Gasteiger partial charge in [-0.05, 0) is 40.6 Å². The van der Waals surface area contributed by atoms with Gasteiger partial charge in [0.15, 0.2) is 10.4 Å². The van der Waals surface area contributed by atoms with E-state index >= 15 is 0 Å². The average Bonchev–Trinajstić information content (AvgIpc) is 2.54. The molecule has 4 nitrogen and oxygen atoms in total. The Morgan fingerprint density at radius 2 is 2.41 bits per heavy atom. The van der Waals surface area contributed by atoms with Gasteiger partial charge in [0.1, 0.15) is 0 Å². The van der Waals surface area contributed by atoms with Crippen LogP contribution in [-0.2, 0) is 17.3 Å². The zero-order valence-electron chi connectivity index (χ0n) is 9.27. The van der Waals surface area contributed by atoms with Crippen molar-refractivity contribution in [2.75, 3.05) is 12.0 Å². The van der Waals surface area contributed by atoms with Crippen LogP contribution in [0.25, 0.3) is 11.2 Å². The Hall–Kier alpha value is -0.530. The van der Waals surface area contributed by atoms with Crippen LogP contribution in [0.1, 0.15) is 6.42 Å². The minimum absolute atomic E-state index is 0.660. The molecule has 0 aliphatic heterocycles. The summed E-state index contributed by atoms with van der Waals surface area (Å²) < 4.78 is 14.5. The number of pyridine rings is 1. The maximum absolute atomic E-state index is 11.0. The predicted octanol–water partition coefficient (Wildman–Crippen LogP) is 2.62. The lowest BCUT2D eigenvalue weighted by atomic mass is 10.4. The van der Waals surface area contributed by atoms with Crippen LogP contribution in [0.5, 0.6) is 0 Å². The maximum Gasteiger partial charge on any atom is 0.179 e. The first-order chi connectivity index (χ1) is 8.08. The van der Waals surface area contributed by atoms with Gasteiger partial charge in [-0.25, -0.2) is 4.98 Å². The van der Waals surface area contributed by atoms with E-state index in [0.29, 0.717) is 10.5 Å². The molecule has 0 aliphatic carbocycles. The molecule has 7 heteroatoms. The summed E-state index contributed by atoms with van der Waals surface area (Å²) in [5.74, 6) is 0.685. The first kappa shape index (κ1) is 12.9. The van der Waals surface area contributed by atoms with Gasteiger partial charge < -0.3 is 9.55 Å². The highest BCUT2D eigenvalue weighted by Crippen LogP contribution is 2.17. The first-order valence-electron chi connectivity index (χ1n) is 5.12. The highest BCUT2D eigenvalue weighted by atomic mass is 79.9. The zero-order chi connectivity index (χ0) is 12.4. The van der Waals surface area contributed by atoms with Crippen LogP contribution in [0.4, 0.5) is 0 Å². The third-order valence-electron chi connectivity index (χ3n) is 2.39. The van der Waals surface area contributed by atoms with Crippen molar-refractivity contribution in [3.8, 4) is 0 Å². The van der Waals surface area contributed by atoms with Gasteiger partial charge in [-0.15, -0.1) is 0 Å². The third-order valence-corrected chi connectivity index (χ3v) is 4.01. The number of nitrogens with one attached hydrogen (secondary N) is 1. The van der Waals surface area contributed by atoms with Gasteiger partial charge in [-0.1, -0.05) is 0 Å². The molecule has 1 unspecified atom stereocenters. The standard InChI is InChI=1S/C10H12BrN3OS2/c1-17(15)4-2-3-14-9-8(13-10(14)16)5-7(11)6-12-9/h5-6H,2-4H2,1H3,(H,13,16). The molecule has 92 valence electrons. The van der Waals surface area contributed by atoms with E-state index in [9.17, 15) is 4.21 Å². The van der Waals surface area contributed by atoms with E-state index in [1.54, 1.807) is 12.5 Å². The van der Waals surface area contributed by atoms with Crippen molar-refractivity contribution < 1.29 is 4.21 Å². The summed E-state index contributed by atoms with van der Waals surface area (Å²) in [5, 5.41) is 0. The Labute approximate surface area is 115 Å². The molecule has 17 heavy (non-hydrogen) atoms. The number of hydrogen-bond donors (Lipinski definition) is 1. The molecule has 2 aromatic heterocycles. The molecule has 0 spiro atoms. The summed E-state index contributed by atoms with van der Waals surface area (Å²) in [7, 11) is -0.757. The van der Waals surface area contributed by atoms with Gasteiger partial charge in [-0.2, -0.15) is 0 Å². The SMILES string of the molecule is CS(=O)CCCn1c(=S)[nH]c2cc(Br)cnc21. The summed E-state index contributed by atoms with van der Waals surface area (Å²) in [6.45, 7) is 0.743. The molecular weight excluding hydrogens is 322 g/mol. The van der Waals surface area contributed by atoms with Crippen molar-refractivity contribution in [2.45, 2.75) is 13.0 Å². The largest absolute Gasteiger partial charge is 0.329 e. The molecule has 1 N–H and O–H groups in total. The topological polar surface area (TPSA) is 50.7 Å². The molecule has 0 saturated heterocycles. The molecule has 2 rings (SSSR count). The van der Waals surface area contributed by atoms with Crippen LogP contribution in [0.3, 0.4) is 0 Å². The van der Waals surface area contributed by atoms with Crippen LogP contribution in [0.2, 0.25) is 0 Å². The smallest absolute Gasteiger partial charge is 0.179 e. The number of halogens is 1. The number of aromatic nitrogens is 3. The number of fused-ring (bicyclic) bond motifs is 1. The van der Waals surface area contributed by atoms with Crippen molar-refractivity contribution >= 4 is 50.1 Å². The van der Waals surface area contributed by atoms with E-state index in [1.165, 1.54) is 0 Å².